The summed E-state index contributed by atoms with van der Waals surface area (Å²) in [6.45, 7) is 5.31. The van der Waals surface area contributed by atoms with Crippen molar-refractivity contribution in [3.8, 4) is 0 Å². The zero-order valence-electron chi connectivity index (χ0n) is 13.2. The molecule has 118 valence electrons. The van der Waals surface area contributed by atoms with Crippen LogP contribution in [0, 0.1) is 0 Å². The standard InChI is InChI=1S/C17H23N3O2/c1-3-18-11-5-7-15-13(9-11)14-10-12(6-8-16(14)20-15)19-17(21)22-4-2/h6,8,10-11,18,20H,3-5,7,9H2,1-2H3,(H,19,21). The maximum absolute atomic E-state index is 11.6. The summed E-state index contributed by atoms with van der Waals surface area (Å²) in [5.74, 6) is 0. The first kappa shape index (κ1) is 14.9. The molecule has 1 aliphatic rings. The van der Waals surface area contributed by atoms with Crippen LogP contribution < -0.4 is 10.6 Å². The van der Waals surface area contributed by atoms with Gasteiger partial charge in [0.1, 0.15) is 0 Å². The van der Waals surface area contributed by atoms with E-state index < -0.39 is 6.09 Å². The Hall–Kier alpha value is -2.01. The van der Waals surface area contributed by atoms with Gasteiger partial charge in [-0.2, -0.15) is 0 Å². The van der Waals surface area contributed by atoms with E-state index >= 15 is 0 Å². The Labute approximate surface area is 130 Å². The topological polar surface area (TPSA) is 66.2 Å². The van der Waals surface area contributed by atoms with Gasteiger partial charge in [0.25, 0.3) is 0 Å². The van der Waals surface area contributed by atoms with Crippen molar-refractivity contribution in [1.29, 1.82) is 0 Å². The van der Waals surface area contributed by atoms with Gasteiger partial charge in [-0.25, -0.2) is 4.79 Å². The van der Waals surface area contributed by atoms with Gasteiger partial charge in [-0.1, -0.05) is 6.92 Å². The number of benzene rings is 1. The highest BCUT2D eigenvalue weighted by Crippen LogP contribution is 2.31. The molecule has 0 fully saturated rings. The fraction of sp³-hybridized carbons (Fsp3) is 0.471. The number of ether oxygens (including phenoxy) is 1. The highest BCUT2D eigenvalue weighted by Gasteiger charge is 2.22. The Morgan fingerprint density at radius 3 is 3.05 bits per heavy atom. The first-order valence-corrected chi connectivity index (χ1v) is 8.02. The van der Waals surface area contributed by atoms with Gasteiger partial charge in [0, 0.05) is 28.3 Å². The van der Waals surface area contributed by atoms with Crippen molar-refractivity contribution in [3.63, 3.8) is 0 Å². The summed E-state index contributed by atoms with van der Waals surface area (Å²) in [5.41, 5.74) is 4.62. The molecule has 0 radical (unpaired) electrons. The number of anilines is 1. The summed E-state index contributed by atoms with van der Waals surface area (Å²) < 4.78 is 4.93. The molecule has 0 aliphatic heterocycles. The monoisotopic (exact) mass is 301 g/mol. The van der Waals surface area contributed by atoms with Crippen LogP contribution in [0.3, 0.4) is 0 Å². The molecule has 22 heavy (non-hydrogen) atoms. The van der Waals surface area contributed by atoms with Gasteiger partial charge in [0.05, 0.1) is 6.61 Å². The van der Waals surface area contributed by atoms with Crippen molar-refractivity contribution < 1.29 is 9.53 Å². The summed E-state index contributed by atoms with van der Waals surface area (Å²) in [6, 6.07) is 6.51. The smallest absolute Gasteiger partial charge is 0.411 e. The highest BCUT2D eigenvalue weighted by molar-refractivity contribution is 5.92. The molecule has 1 amide bonds. The summed E-state index contributed by atoms with van der Waals surface area (Å²) in [4.78, 5) is 15.1. The van der Waals surface area contributed by atoms with Crippen molar-refractivity contribution in [3.05, 3.63) is 29.5 Å². The molecule has 1 atom stereocenters. The van der Waals surface area contributed by atoms with E-state index in [0.29, 0.717) is 12.6 Å². The van der Waals surface area contributed by atoms with Crippen LogP contribution in [0.2, 0.25) is 0 Å². The van der Waals surface area contributed by atoms with E-state index in [1.165, 1.54) is 23.1 Å². The number of likely N-dealkylation sites (N-methyl/N-ethyl adjacent to an activating group) is 1. The maximum Gasteiger partial charge on any atom is 0.411 e. The Kier molecular flexibility index (Phi) is 4.34. The van der Waals surface area contributed by atoms with E-state index in [2.05, 4.69) is 22.5 Å². The lowest BCUT2D eigenvalue weighted by molar-refractivity contribution is 0.168. The van der Waals surface area contributed by atoms with E-state index in [9.17, 15) is 4.79 Å². The van der Waals surface area contributed by atoms with Crippen molar-refractivity contribution in [1.82, 2.24) is 10.3 Å². The van der Waals surface area contributed by atoms with Gasteiger partial charge < -0.3 is 15.0 Å². The third-order valence-corrected chi connectivity index (χ3v) is 4.20. The van der Waals surface area contributed by atoms with Gasteiger partial charge in [0.15, 0.2) is 0 Å². The van der Waals surface area contributed by atoms with E-state index in [1.807, 2.05) is 18.2 Å². The largest absolute Gasteiger partial charge is 0.450 e. The molecule has 0 spiro atoms. The van der Waals surface area contributed by atoms with E-state index in [1.54, 1.807) is 6.92 Å². The molecular formula is C17H23N3O2. The fourth-order valence-electron chi connectivity index (χ4n) is 3.24. The lowest BCUT2D eigenvalue weighted by Crippen LogP contribution is -2.34. The van der Waals surface area contributed by atoms with Gasteiger partial charge >= 0.3 is 6.09 Å². The van der Waals surface area contributed by atoms with Crippen LogP contribution in [0.4, 0.5) is 10.5 Å². The highest BCUT2D eigenvalue weighted by atomic mass is 16.5. The lowest BCUT2D eigenvalue weighted by Gasteiger charge is -2.23. The average molecular weight is 301 g/mol. The number of hydrogen-bond donors (Lipinski definition) is 3. The molecule has 5 heteroatoms. The number of H-pyrrole nitrogens is 1. The Bertz CT molecular complexity index is 678. The van der Waals surface area contributed by atoms with Crippen LogP contribution >= 0.6 is 0 Å². The number of amides is 1. The minimum Gasteiger partial charge on any atom is -0.450 e. The number of aryl methyl sites for hydroxylation is 1. The number of carbonyl (C=O) groups excluding carboxylic acids is 1. The van der Waals surface area contributed by atoms with Crippen LogP contribution in [-0.4, -0.2) is 30.3 Å². The molecule has 1 unspecified atom stereocenters. The number of fused-ring (bicyclic) bond motifs is 3. The molecule has 3 N–H and O–H groups in total. The third kappa shape index (κ3) is 2.95. The molecule has 2 aromatic rings. The van der Waals surface area contributed by atoms with Crippen molar-refractivity contribution in [2.75, 3.05) is 18.5 Å². The van der Waals surface area contributed by atoms with Crippen LogP contribution in [0.25, 0.3) is 10.9 Å². The van der Waals surface area contributed by atoms with Crippen LogP contribution in [0.1, 0.15) is 31.5 Å². The zero-order chi connectivity index (χ0) is 15.5. The molecule has 1 heterocycles. The Morgan fingerprint density at radius 1 is 1.41 bits per heavy atom. The van der Waals surface area contributed by atoms with Gasteiger partial charge in [-0.15, -0.1) is 0 Å². The third-order valence-electron chi connectivity index (χ3n) is 4.20. The zero-order valence-corrected chi connectivity index (χ0v) is 13.2. The minimum atomic E-state index is -0.406. The first-order valence-electron chi connectivity index (χ1n) is 8.02. The molecule has 1 aromatic carbocycles. The number of aromatic nitrogens is 1. The van der Waals surface area contributed by atoms with Crippen LogP contribution in [0.5, 0.6) is 0 Å². The first-order chi connectivity index (χ1) is 10.7. The minimum absolute atomic E-state index is 0.373. The Morgan fingerprint density at radius 2 is 2.27 bits per heavy atom. The summed E-state index contributed by atoms with van der Waals surface area (Å²) in [5, 5.41) is 7.52. The summed E-state index contributed by atoms with van der Waals surface area (Å²) >= 11 is 0. The average Bonchev–Trinajstić information content (AvgIpc) is 2.85. The van der Waals surface area contributed by atoms with Gasteiger partial charge in [-0.05, 0) is 56.5 Å². The predicted molar refractivity (Wildman–Crippen MR) is 88.4 cm³/mol. The number of hydrogen-bond acceptors (Lipinski definition) is 3. The summed E-state index contributed by atoms with van der Waals surface area (Å²) in [6.07, 6.45) is 2.87. The SMILES string of the molecule is CCNC1CCc2[nH]c3ccc(NC(=O)OCC)cc3c2C1. The second-order valence-electron chi connectivity index (χ2n) is 5.69. The molecule has 0 bridgehead atoms. The van der Waals surface area contributed by atoms with Gasteiger partial charge in [0.2, 0.25) is 0 Å². The lowest BCUT2D eigenvalue weighted by atomic mass is 9.91. The van der Waals surface area contributed by atoms with Crippen molar-refractivity contribution in [2.45, 2.75) is 39.2 Å². The second kappa shape index (κ2) is 6.40. The van der Waals surface area contributed by atoms with Crippen molar-refractivity contribution in [2.24, 2.45) is 0 Å². The number of aromatic amines is 1. The van der Waals surface area contributed by atoms with Crippen LogP contribution in [-0.2, 0) is 17.6 Å². The molecule has 3 rings (SSSR count). The quantitative estimate of drug-likeness (QED) is 0.812. The molecule has 0 saturated carbocycles. The van der Waals surface area contributed by atoms with Crippen molar-refractivity contribution >= 4 is 22.7 Å². The molecular weight excluding hydrogens is 278 g/mol. The number of rotatable bonds is 4. The second-order valence-corrected chi connectivity index (χ2v) is 5.69. The maximum atomic E-state index is 11.6. The number of carbonyl (C=O) groups is 1. The normalized spacial score (nSPS) is 17.3. The number of nitrogens with one attached hydrogen (secondary N) is 3. The van der Waals surface area contributed by atoms with Crippen LogP contribution in [0.15, 0.2) is 18.2 Å². The molecule has 1 aliphatic carbocycles. The van der Waals surface area contributed by atoms with E-state index in [4.69, 9.17) is 4.74 Å². The molecule has 0 saturated heterocycles. The van der Waals surface area contributed by atoms with E-state index in [0.717, 1.165) is 30.6 Å². The molecule has 5 nitrogen and oxygen atoms in total. The predicted octanol–water partition coefficient (Wildman–Crippen LogP) is 3.20. The fourth-order valence-corrected chi connectivity index (χ4v) is 3.24. The van der Waals surface area contributed by atoms with E-state index in [-0.39, 0.29) is 0 Å². The molecule has 1 aromatic heterocycles. The Balaban J connectivity index is 1.88. The summed E-state index contributed by atoms with van der Waals surface area (Å²) in [7, 11) is 0. The van der Waals surface area contributed by atoms with Gasteiger partial charge in [-0.3, -0.25) is 5.32 Å².